The fraction of sp³-hybridized carbons (Fsp3) is 0.647. The lowest BCUT2D eigenvalue weighted by molar-refractivity contribution is 0.0458. The van der Waals surface area contributed by atoms with Crippen LogP contribution in [0.2, 0.25) is 5.02 Å². The lowest BCUT2D eigenvalue weighted by Gasteiger charge is -2.26. The van der Waals surface area contributed by atoms with Gasteiger partial charge in [0.1, 0.15) is 0 Å². The molecule has 0 spiro atoms. The molecule has 0 saturated carbocycles. The smallest absolute Gasteiger partial charge is 0.0949 e. The summed E-state index contributed by atoms with van der Waals surface area (Å²) in [6.45, 7) is 10.3. The second-order valence-electron chi connectivity index (χ2n) is 6.25. The molecule has 0 amide bonds. The fourth-order valence-electron chi connectivity index (χ4n) is 1.93. The minimum atomic E-state index is 0.0864. The highest BCUT2D eigenvalue weighted by molar-refractivity contribution is 6.30. The molecule has 2 nitrogen and oxygen atoms in total. The summed E-state index contributed by atoms with van der Waals surface area (Å²) >= 11 is 5.96. The molecule has 0 saturated heterocycles. The average Bonchev–Trinajstić information content (AvgIpc) is 2.38. The monoisotopic (exact) mass is 297 g/mol. The van der Waals surface area contributed by atoms with Gasteiger partial charge in [-0.15, -0.1) is 0 Å². The molecule has 1 N–H and O–H groups in total. The third-order valence-electron chi connectivity index (χ3n) is 3.13. The van der Waals surface area contributed by atoms with Crippen LogP contribution in [-0.2, 0) is 4.74 Å². The number of hydrogen-bond donors (Lipinski definition) is 1. The van der Waals surface area contributed by atoms with Gasteiger partial charge in [0.15, 0.2) is 0 Å². The van der Waals surface area contributed by atoms with Gasteiger partial charge in [-0.25, -0.2) is 0 Å². The molecule has 0 aromatic heterocycles. The summed E-state index contributed by atoms with van der Waals surface area (Å²) in [7, 11) is 0. The van der Waals surface area contributed by atoms with E-state index in [9.17, 15) is 0 Å². The molecular formula is C17H28ClNO. The molecule has 1 atom stereocenters. The Morgan fingerprint density at radius 3 is 2.35 bits per heavy atom. The molecule has 0 bridgehead atoms. The van der Waals surface area contributed by atoms with Gasteiger partial charge in [-0.1, -0.05) is 43.5 Å². The third-order valence-corrected chi connectivity index (χ3v) is 3.38. The number of halogens is 1. The van der Waals surface area contributed by atoms with Crippen molar-refractivity contribution in [1.82, 2.24) is 5.32 Å². The normalized spacial score (nSPS) is 13.4. The Kier molecular flexibility index (Phi) is 7.57. The van der Waals surface area contributed by atoms with E-state index in [1.54, 1.807) is 0 Å². The van der Waals surface area contributed by atoms with Gasteiger partial charge >= 0.3 is 0 Å². The summed E-state index contributed by atoms with van der Waals surface area (Å²) in [6, 6.07) is 7.96. The zero-order chi connectivity index (χ0) is 15.0. The Labute approximate surface area is 128 Å². The summed E-state index contributed by atoms with van der Waals surface area (Å²) < 4.78 is 6.06. The first-order valence-electron chi connectivity index (χ1n) is 7.54. The van der Waals surface area contributed by atoms with E-state index in [-0.39, 0.29) is 11.6 Å². The van der Waals surface area contributed by atoms with Crippen LogP contribution in [-0.4, -0.2) is 18.7 Å². The van der Waals surface area contributed by atoms with E-state index in [0.29, 0.717) is 0 Å². The van der Waals surface area contributed by atoms with Gasteiger partial charge in [0.25, 0.3) is 0 Å². The summed E-state index contributed by atoms with van der Waals surface area (Å²) in [5, 5.41) is 4.28. The Bertz CT molecular complexity index is 370. The van der Waals surface area contributed by atoms with Crippen LogP contribution in [0.1, 0.15) is 58.6 Å². The van der Waals surface area contributed by atoms with E-state index in [2.05, 4.69) is 45.1 Å². The zero-order valence-electron chi connectivity index (χ0n) is 13.2. The molecule has 20 heavy (non-hydrogen) atoms. The van der Waals surface area contributed by atoms with Crippen molar-refractivity contribution in [2.24, 2.45) is 0 Å². The summed E-state index contributed by atoms with van der Waals surface area (Å²) in [5.74, 6) is 0. The first-order chi connectivity index (χ1) is 9.42. The summed E-state index contributed by atoms with van der Waals surface area (Å²) in [6.07, 6.45) is 3.65. The molecule has 1 rings (SSSR count). The average molecular weight is 298 g/mol. The van der Waals surface area contributed by atoms with Gasteiger partial charge in [0.2, 0.25) is 0 Å². The molecule has 0 radical (unpaired) electrons. The number of unbranched alkanes of at least 4 members (excludes halogenated alkanes) is 2. The zero-order valence-corrected chi connectivity index (χ0v) is 14.0. The minimum Gasteiger partial charge on any atom is -0.372 e. The highest BCUT2D eigenvalue weighted by atomic mass is 35.5. The van der Waals surface area contributed by atoms with Crippen molar-refractivity contribution in [3.05, 3.63) is 34.9 Å². The number of rotatable bonds is 8. The summed E-state index contributed by atoms with van der Waals surface area (Å²) in [5.41, 5.74) is 1.28. The molecule has 0 fully saturated rings. The maximum atomic E-state index is 6.06. The molecule has 1 aromatic carbocycles. The molecule has 0 aliphatic heterocycles. The van der Waals surface area contributed by atoms with E-state index in [4.69, 9.17) is 16.3 Å². The third kappa shape index (κ3) is 7.28. The van der Waals surface area contributed by atoms with Crippen molar-refractivity contribution >= 4 is 11.6 Å². The second kappa shape index (κ2) is 8.66. The number of ether oxygens (including phenoxy) is 1. The van der Waals surface area contributed by atoms with Crippen LogP contribution < -0.4 is 5.32 Å². The van der Waals surface area contributed by atoms with Gasteiger partial charge in [-0.3, -0.25) is 0 Å². The number of hydrogen-bond acceptors (Lipinski definition) is 2. The number of nitrogens with one attached hydrogen (secondary N) is 1. The quantitative estimate of drug-likeness (QED) is 0.684. The van der Waals surface area contributed by atoms with Crippen LogP contribution in [0.25, 0.3) is 0 Å². The van der Waals surface area contributed by atoms with Crippen LogP contribution >= 0.6 is 11.6 Å². The molecular weight excluding hydrogens is 270 g/mol. The van der Waals surface area contributed by atoms with Crippen molar-refractivity contribution in [1.29, 1.82) is 0 Å². The largest absolute Gasteiger partial charge is 0.372 e. The Hall–Kier alpha value is -0.570. The van der Waals surface area contributed by atoms with Crippen LogP contribution in [0.3, 0.4) is 0 Å². The topological polar surface area (TPSA) is 21.3 Å². The van der Waals surface area contributed by atoms with Gasteiger partial charge < -0.3 is 10.1 Å². The van der Waals surface area contributed by atoms with Crippen LogP contribution in [0.15, 0.2) is 24.3 Å². The van der Waals surface area contributed by atoms with E-state index in [1.807, 2.05) is 12.1 Å². The SMILES string of the molecule is CCCCCOC(CNC(C)(C)C)c1ccc(Cl)cc1. The minimum absolute atomic E-state index is 0.0864. The van der Waals surface area contributed by atoms with E-state index in [1.165, 1.54) is 18.4 Å². The van der Waals surface area contributed by atoms with E-state index >= 15 is 0 Å². The van der Waals surface area contributed by atoms with Crippen molar-refractivity contribution in [3.63, 3.8) is 0 Å². The summed E-state index contributed by atoms with van der Waals surface area (Å²) in [4.78, 5) is 0. The molecule has 0 aliphatic rings. The van der Waals surface area contributed by atoms with Crippen LogP contribution in [0.4, 0.5) is 0 Å². The Morgan fingerprint density at radius 2 is 1.80 bits per heavy atom. The van der Waals surface area contributed by atoms with Gasteiger partial charge in [0, 0.05) is 23.7 Å². The fourth-order valence-corrected chi connectivity index (χ4v) is 2.05. The maximum absolute atomic E-state index is 6.06. The van der Waals surface area contributed by atoms with E-state index in [0.717, 1.165) is 24.6 Å². The predicted octanol–water partition coefficient (Wildman–Crippen LogP) is 4.98. The van der Waals surface area contributed by atoms with Gasteiger partial charge in [0.05, 0.1) is 6.10 Å². The van der Waals surface area contributed by atoms with Crippen LogP contribution in [0, 0.1) is 0 Å². The molecule has 0 heterocycles. The van der Waals surface area contributed by atoms with Crippen LogP contribution in [0.5, 0.6) is 0 Å². The second-order valence-corrected chi connectivity index (χ2v) is 6.69. The molecule has 1 aromatic rings. The van der Waals surface area contributed by atoms with Crippen molar-refractivity contribution in [2.75, 3.05) is 13.2 Å². The Balaban J connectivity index is 2.60. The first kappa shape index (κ1) is 17.5. The lowest BCUT2D eigenvalue weighted by atomic mass is 10.1. The standard InChI is InChI=1S/C17H28ClNO/c1-5-6-7-12-20-16(13-19-17(2,3)4)14-8-10-15(18)11-9-14/h8-11,16,19H,5-7,12-13H2,1-4H3. The van der Waals surface area contributed by atoms with Crippen molar-refractivity contribution in [3.8, 4) is 0 Å². The van der Waals surface area contributed by atoms with Crippen molar-refractivity contribution < 1.29 is 4.74 Å². The highest BCUT2D eigenvalue weighted by Crippen LogP contribution is 2.20. The molecule has 114 valence electrons. The Morgan fingerprint density at radius 1 is 1.15 bits per heavy atom. The molecule has 3 heteroatoms. The van der Waals surface area contributed by atoms with E-state index < -0.39 is 0 Å². The molecule has 0 aliphatic carbocycles. The maximum Gasteiger partial charge on any atom is 0.0949 e. The van der Waals surface area contributed by atoms with Gasteiger partial charge in [-0.2, -0.15) is 0 Å². The molecule has 1 unspecified atom stereocenters. The first-order valence-corrected chi connectivity index (χ1v) is 7.92. The lowest BCUT2D eigenvalue weighted by Crippen LogP contribution is -2.39. The predicted molar refractivity (Wildman–Crippen MR) is 87.4 cm³/mol. The van der Waals surface area contributed by atoms with Crippen molar-refractivity contribution in [2.45, 2.75) is 58.6 Å². The van der Waals surface area contributed by atoms with Gasteiger partial charge in [-0.05, 0) is 44.9 Å². The number of benzene rings is 1. The highest BCUT2D eigenvalue weighted by Gasteiger charge is 2.16.